The zero-order valence-electron chi connectivity index (χ0n) is 5.04. The molecule has 3 nitrogen and oxygen atoms in total. The first kappa shape index (κ1) is 7.77. The molecule has 0 saturated carbocycles. The van der Waals surface area contributed by atoms with Crippen molar-refractivity contribution < 1.29 is 10.2 Å². The topological polar surface area (TPSA) is 41.5 Å². The van der Waals surface area contributed by atoms with Crippen LogP contribution in [0.5, 0.6) is 0 Å². The van der Waals surface area contributed by atoms with Crippen LogP contribution in [0.1, 0.15) is 0 Å². The smallest absolute Gasteiger partial charge is 0.0635 e. The van der Waals surface area contributed by atoms with E-state index in [-0.39, 0.29) is 0 Å². The summed E-state index contributed by atoms with van der Waals surface area (Å²) >= 11 is 2.19. The monoisotopic (exact) mass is 251 g/mol. The van der Waals surface area contributed by atoms with E-state index in [1.807, 2.05) is 12.1 Å². The van der Waals surface area contributed by atoms with Crippen LogP contribution in [0, 0.1) is 3.57 Å². The highest BCUT2D eigenvalue weighted by atomic mass is 127. The minimum absolute atomic E-state index is 0.725. The van der Waals surface area contributed by atoms with Crippen molar-refractivity contribution in [3.8, 4) is 0 Å². The maximum atomic E-state index is 7.98. The Morgan fingerprint density at radius 3 is 2.40 bits per heavy atom. The molecule has 0 aliphatic carbocycles. The second-order valence-corrected chi connectivity index (χ2v) is 2.95. The van der Waals surface area contributed by atoms with Gasteiger partial charge in [-0.05, 0) is 46.9 Å². The van der Waals surface area contributed by atoms with Gasteiger partial charge in [0, 0.05) is 3.57 Å². The fourth-order valence-corrected chi connectivity index (χ4v) is 0.930. The van der Waals surface area contributed by atoms with Crippen molar-refractivity contribution in [3.05, 3.63) is 27.8 Å². The molecule has 0 unspecified atom stereocenters. The maximum absolute atomic E-state index is 7.98. The third kappa shape index (κ3) is 2.13. The normalized spacial score (nSPS) is 9.40. The first-order chi connectivity index (χ1) is 4.83. The predicted molar refractivity (Wildman–Crippen MR) is 46.5 cm³/mol. The molecule has 0 amide bonds. The summed E-state index contributed by atoms with van der Waals surface area (Å²) in [6.45, 7) is 0. The van der Waals surface area contributed by atoms with Gasteiger partial charge in [0.05, 0.1) is 5.69 Å². The Balaban J connectivity index is 2.69. The summed E-state index contributed by atoms with van der Waals surface area (Å²) in [6.07, 6.45) is 0. The zero-order chi connectivity index (χ0) is 7.40. The average Bonchev–Trinajstić information content (AvgIpc) is 1.95. The fourth-order valence-electron chi connectivity index (χ4n) is 0.571. The number of hydrogen-bond donors (Lipinski definition) is 2. The van der Waals surface area contributed by atoms with Crippen LogP contribution >= 0.6 is 22.6 Å². The molecule has 0 aromatic heterocycles. The third-order valence-electron chi connectivity index (χ3n) is 1.01. The summed E-state index contributed by atoms with van der Waals surface area (Å²) in [6, 6.07) is 7.42. The number of benzene rings is 1. The second-order valence-electron chi connectivity index (χ2n) is 1.70. The van der Waals surface area contributed by atoms with Gasteiger partial charge in [-0.15, -0.1) is 4.99 Å². The van der Waals surface area contributed by atoms with Crippen molar-refractivity contribution in [1.29, 1.82) is 0 Å². The van der Waals surface area contributed by atoms with Gasteiger partial charge in [-0.25, -0.2) is 10.7 Å². The Bertz CT molecular complexity index is 199. The van der Waals surface area contributed by atoms with Crippen LogP contribution in [-0.4, -0.2) is 5.26 Å². The Kier molecular flexibility index (Phi) is 2.91. The van der Waals surface area contributed by atoms with E-state index in [0.717, 1.165) is 9.26 Å². The molecule has 2 N–H and O–H groups in total. The summed E-state index contributed by atoms with van der Waals surface area (Å²) in [7, 11) is 0. The molecular weight excluding hydrogens is 245 g/mol. The molecule has 0 radical (unpaired) electrons. The number of rotatable bonds is 2. The van der Waals surface area contributed by atoms with E-state index in [1.165, 1.54) is 0 Å². The maximum Gasteiger partial charge on any atom is 0.0635 e. The fraction of sp³-hybridized carbons (Fsp3) is 0. The van der Waals surface area contributed by atoms with Gasteiger partial charge < -0.3 is 0 Å². The molecule has 0 heterocycles. The van der Waals surface area contributed by atoms with Crippen molar-refractivity contribution in [2.24, 2.45) is 0 Å². The lowest BCUT2D eigenvalue weighted by Crippen LogP contribution is -1.94. The molecular formula is C6H6INO2. The van der Waals surface area contributed by atoms with E-state index in [0.29, 0.717) is 0 Å². The standard InChI is InChI=1S/C6H6INO2/c7-5-1-3-6(4-2-5)8-10-9/h1-4,8-9H. The SMILES string of the molecule is OONc1ccc(I)cc1. The molecule has 0 spiro atoms. The lowest BCUT2D eigenvalue weighted by Gasteiger charge is -1.98. The van der Waals surface area contributed by atoms with Gasteiger partial charge in [0.15, 0.2) is 0 Å². The molecule has 10 heavy (non-hydrogen) atoms. The molecule has 1 aromatic rings. The molecule has 0 fully saturated rings. The van der Waals surface area contributed by atoms with E-state index in [1.54, 1.807) is 12.1 Å². The number of hydrogen-bond acceptors (Lipinski definition) is 3. The Morgan fingerprint density at radius 2 is 1.90 bits per heavy atom. The second kappa shape index (κ2) is 3.75. The summed E-state index contributed by atoms with van der Waals surface area (Å²) in [5.74, 6) is 0. The van der Waals surface area contributed by atoms with E-state index < -0.39 is 0 Å². The molecule has 0 aliphatic rings. The van der Waals surface area contributed by atoms with E-state index >= 15 is 0 Å². The van der Waals surface area contributed by atoms with Gasteiger partial charge >= 0.3 is 0 Å². The molecule has 0 aliphatic heterocycles. The summed E-state index contributed by atoms with van der Waals surface area (Å²) in [4.78, 5) is 3.72. The first-order valence-corrected chi connectivity index (χ1v) is 3.73. The van der Waals surface area contributed by atoms with Gasteiger partial charge in [-0.2, -0.15) is 0 Å². The largest absolute Gasteiger partial charge is 0.236 e. The summed E-state index contributed by atoms with van der Waals surface area (Å²) in [5.41, 5.74) is 3.01. The highest BCUT2D eigenvalue weighted by molar-refractivity contribution is 14.1. The Labute approximate surface area is 72.0 Å². The number of nitrogens with one attached hydrogen (secondary N) is 1. The van der Waals surface area contributed by atoms with E-state index in [4.69, 9.17) is 5.26 Å². The van der Waals surface area contributed by atoms with Crippen molar-refractivity contribution in [3.63, 3.8) is 0 Å². The van der Waals surface area contributed by atoms with Gasteiger partial charge in [0.1, 0.15) is 0 Å². The molecule has 0 bridgehead atoms. The summed E-state index contributed by atoms with van der Waals surface area (Å²) < 4.78 is 1.14. The minimum atomic E-state index is 0.725. The Hall–Kier alpha value is -0.330. The van der Waals surface area contributed by atoms with Gasteiger partial charge in [-0.3, -0.25) is 0 Å². The molecule has 1 aromatic carbocycles. The van der Waals surface area contributed by atoms with Gasteiger partial charge in [0.25, 0.3) is 0 Å². The van der Waals surface area contributed by atoms with Crippen molar-refractivity contribution in [2.45, 2.75) is 0 Å². The van der Waals surface area contributed by atoms with E-state index in [2.05, 4.69) is 33.1 Å². The molecule has 1 rings (SSSR count). The molecule has 54 valence electrons. The highest BCUT2D eigenvalue weighted by Gasteiger charge is 1.88. The van der Waals surface area contributed by atoms with Crippen molar-refractivity contribution >= 4 is 28.3 Å². The zero-order valence-corrected chi connectivity index (χ0v) is 7.20. The quantitative estimate of drug-likeness (QED) is 0.480. The van der Waals surface area contributed by atoms with Gasteiger partial charge in [-0.1, -0.05) is 0 Å². The van der Waals surface area contributed by atoms with Gasteiger partial charge in [0.2, 0.25) is 0 Å². The Morgan fingerprint density at radius 1 is 1.30 bits per heavy atom. The predicted octanol–water partition coefficient (Wildman–Crippen LogP) is 2.11. The van der Waals surface area contributed by atoms with Crippen LogP contribution in [-0.2, 0) is 4.99 Å². The van der Waals surface area contributed by atoms with Crippen LogP contribution in [0.3, 0.4) is 0 Å². The molecule has 4 heteroatoms. The van der Waals surface area contributed by atoms with Crippen LogP contribution in [0.15, 0.2) is 24.3 Å². The molecule has 0 atom stereocenters. The molecule has 0 saturated heterocycles. The first-order valence-electron chi connectivity index (χ1n) is 2.65. The number of anilines is 1. The lowest BCUT2D eigenvalue weighted by molar-refractivity contribution is -0.215. The van der Waals surface area contributed by atoms with Crippen LogP contribution in [0.4, 0.5) is 5.69 Å². The minimum Gasteiger partial charge on any atom is -0.236 e. The summed E-state index contributed by atoms with van der Waals surface area (Å²) in [5, 5.41) is 7.98. The van der Waals surface area contributed by atoms with Crippen molar-refractivity contribution in [2.75, 3.05) is 5.48 Å². The van der Waals surface area contributed by atoms with Crippen LogP contribution in [0.25, 0.3) is 0 Å². The third-order valence-corrected chi connectivity index (χ3v) is 1.73. The van der Waals surface area contributed by atoms with Crippen LogP contribution < -0.4 is 5.48 Å². The lowest BCUT2D eigenvalue weighted by atomic mass is 10.3. The highest BCUT2D eigenvalue weighted by Crippen LogP contribution is 2.10. The van der Waals surface area contributed by atoms with Crippen LogP contribution in [0.2, 0.25) is 0 Å². The number of halogens is 1. The van der Waals surface area contributed by atoms with Crippen molar-refractivity contribution in [1.82, 2.24) is 0 Å². The van der Waals surface area contributed by atoms with E-state index in [9.17, 15) is 0 Å². The average molecular weight is 251 g/mol.